The molecule has 1 N–H and O–H groups in total. The first-order chi connectivity index (χ1) is 15.3. The molecule has 1 unspecified atom stereocenters. The van der Waals surface area contributed by atoms with Gasteiger partial charge in [-0.15, -0.1) is 0 Å². The van der Waals surface area contributed by atoms with E-state index in [1.54, 1.807) is 7.05 Å². The van der Waals surface area contributed by atoms with Crippen LogP contribution in [0, 0.1) is 5.41 Å². The van der Waals surface area contributed by atoms with Crippen molar-refractivity contribution in [2.24, 2.45) is 12.5 Å². The molecule has 1 aliphatic carbocycles. The predicted molar refractivity (Wildman–Crippen MR) is 124 cm³/mol. The van der Waals surface area contributed by atoms with E-state index in [1.165, 1.54) is 11.1 Å². The van der Waals surface area contributed by atoms with Crippen molar-refractivity contribution in [3.8, 4) is 17.1 Å². The Morgan fingerprint density at radius 2 is 1.88 bits per heavy atom. The van der Waals surface area contributed by atoms with E-state index >= 15 is 0 Å². The zero-order chi connectivity index (χ0) is 22.1. The lowest BCUT2D eigenvalue weighted by Crippen LogP contribution is -2.34. The molecule has 0 bridgehead atoms. The summed E-state index contributed by atoms with van der Waals surface area (Å²) in [5, 5.41) is 13.2. The number of benzene rings is 1. The van der Waals surface area contributed by atoms with Crippen molar-refractivity contribution in [3.05, 3.63) is 34.6 Å². The molecule has 2 saturated heterocycles. The highest BCUT2D eigenvalue weighted by Crippen LogP contribution is 2.42. The summed E-state index contributed by atoms with van der Waals surface area (Å²) in [7, 11) is 3.91. The van der Waals surface area contributed by atoms with Crippen molar-refractivity contribution >= 4 is 16.6 Å². The average molecular weight is 435 g/mol. The Morgan fingerprint density at radius 1 is 1.06 bits per heavy atom. The summed E-state index contributed by atoms with van der Waals surface area (Å²) in [6.07, 6.45) is 4.50. The van der Waals surface area contributed by atoms with Gasteiger partial charge in [0.05, 0.1) is 5.52 Å². The topological polar surface area (TPSA) is 79.3 Å². The molecule has 1 saturated carbocycles. The van der Waals surface area contributed by atoms with Gasteiger partial charge in [0.15, 0.2) is 0 Å². The zero-order valence-corrected chi connectivity index (χ0v) is 19.0. The minimum atomic E-state index is -0.0531. The maximum Gasteiger partial charge on any atom is 0.290 e. The second kappa shape index (κ2) is 6.81. The molecule has 1 spiro atoms. The molecule has 3 aromatic rings. The van der Waals surface area contributed by atoms with Crippen LogP contribution in [0.25, 0.3) is 22.3 Å². The molecule has 6 rings (SSSR count). The van der Waals surface area contributed by atoms with Crippen LogP contribution in [-0.4, -0.2) is 63.7 Å². The van der Waals surface area contributed by atoms with Gasteiger partial charge >= 0.3 is 0 Å². The Bertz CT molecular complexity index is 1260. The van der Waals surface area contributed by atoms with Crippen LogP contribution in [0.2, 0.25) is 0 Å². The summed E-state index contributed by atoms with van der Waals surface area (Å²) < 4.78 is 7.61. The highest BCUT2D eigenvalue weighted by Gasteiger charge is 2.43. The average Bonchev–Trinajstić information content (AvgIpc) is 3.12. The third kappa shape index (κ3) is 3.28. The summed E-state index contributed by atoms with van der Waals surface area (Å²) in [6.45, 7) is 6.21. The molecular weight excluding hydrogens is 404 g/mol. The number of aromatic nitrogens is 4. The fourth-order valence-corrected chi connectivity index (χ4v) is 5.38. The quantitative estimate of drug-likeness (QED) is 0.680. The number of aromatic amines is 1. The molecule has 3 aliphatic rings. The van der Waals surface area contributed by atoms with Gasteiger partial charge in [0.25, 0.3) is 5.56 Å². The van der Waals surface area contributed by atoms with E-state index in [0.29, 0.717) is 11.1 Å². The highest BCUT2D eigenvalue weighted by molar-refractivity contribution is 5.93. The van der Waals surface area contributed by atoms with Gasteiger partial charge in [0, 0.05) is 37.5 Å². The van der Waals surface area contributed by atoms with Crippen LogP contribution >= 0.6 is 0 Å². The van der Waals surface area contributed by atoms with Crippen molar-refractivity contribution in [2.45, 2.75) is 38.2 Å². The van der Waals surface area contributed by atoms with Crippen LogP contribution in [0.4, 0.5) is 5.69 Å². The minimum absolute atomic E-state index is 0.0420. The van der Waals surface area contributed by atoms with E-state index < -0.39 is 0 Å². The first-order valence-electron chi connectivity index (χ1n) is 11.5. The van der Waals surface area contributed by atoms with Crippen molar-refractivity contribution in [3.63, 3.8) is 0 Å². The third-order valence-corrected chi connectivity index (χ3v) is 7.55. The maximum atomic E-state index is 13.0. The van der Waals surface area contributed by atoms with Crippen LogP contribution in [0.3, 0.4) is 0 Å². The third-order valence-electron chi connectivity index (χ3n) is 7.55. The van der Waals surface area contributed by atoms with Crippen LogP contribution in [0.15, 0.2) is 29.1 Å². The lowest BCUT2D eigenvalue weighted by atomic mass is 9.86. The Balaban J connectivity index is 1.37. The summed E-state index contributed by atoms with van der Waals surface area (Å²) in [6, 6.07) is 7.93. The van der Waals surface area contributed by atoms with Crippen molar-refractivity contribution in [2.75, 3.05) is 38.1 Å². The van der Waals surface area contributed by atoms with Gasteiger partial charge in [-0.05, 0) is 70.5 Å². The van der Waals surface area contributed by atoms with Gasteiger partial charge in [-0.3, -0.25) is 9.89 Å². The fraction of sp³-hybridized carbons (Fsp3) is 0.542. The molecule has 168 valence electrons. The van der Waals surface area contributed by atoms with E-state index in [9.17, 15) is 4.79 Å². The Labute approximate surface area is 187 Å². The molecule has 32 heavy (non-hydrogen) atoms. The number of aryl methyl sites for hydroxylation is 1. The Hall–Kier alpha value is -2.87. The second-order valence-electron chi connectivity index (χ2n) is 10.3. The van der Waals surface area contributed by atoms with E-state index in [2.05, 4.69) is 39.1 Å². The number of likely N-dealkylation sites (tertiary alicyclic amines) is 1. The lowest BCUT2D eigenvalue weighted by Gasteiger charge is -2.24. The SMILES string of the molecule is CN1CCC2(CCN(c3cc(-c4n[nH]c5ccc(OC6(C)CC6)cc45)nn(C)c3=O)C2)C1. The molecule has 1 atom stereocenters. The number of anilines is 1. The maximum absolute atomic E-state index is 13.0. The van der Waals surface area contributed by atoms with Crippen LogP contribution < -0.4 is 15.2 Å². The largest absolute Gasteiger partial charge is 0.488 e. The molecule has 0 amide bonds. The molecule has 8 heteroatoms. The van der Waals surface area contributed by atoms with E-state index in [4.69, 9.17) is 4.74 Å². The summed E-state index contributed by atoms with van der Waals surface area (Å²) in [5.74, 6) is 0.844. The van der Waals surface area contributed by atoms with E-state index in [0.717, 1.165) is 73.5 Å². The van der Waals surface area contributed by atoms with Gasteiger partial charge in [-0.2, -0.15) is 10.2 Å². The molecule has 4 heterocycles. The smallest absolute Gasteiger partial charge is 0.290 e. The van der Waals surface area contributed by atoms with Gasteiger partial charge in [0.2, 0.25) is 0 Å². The van der Waals surface area contributed by atoms with Crippen molar-refractivity contribution in [1.29, 1.82) is 0 Å². The van der Waals surface area contributed by atoms with E-state index in [1.807, 2.05) is 24.3 Å². The lowest BCUT2D eigenvalue weighted by molar-refractivity contribution is 0.200. The van der Waals surface area contributed by atoms with E-state index in [-0.39, 0.29) is 11.2 Å². The molecular formula is C24H30N6O2. The van der Waals surface area contributed by atoms with Gasteiger partial charge in [-0.1, -0.05) is 0 Å². The molecule has 2 aliphatic heterocycles. The number of hydrogen-bond acceptors (Lipinski definition) is 6. The van der Waals surface area contributed by atoms with Crippen LogP contribution in [-0.2, 0) is 7.05 Å². The summed E-state index contributed by atoms with van der Waals surface area (Å²) in [4.78, 5) is 17.7. The van der Waals surface area contributed by atoms with Gasteiger partial charge < -0.3 is 14.5 Å². The standard InChI is InChI=1S/C24H30N6O2/c1-23(6-7-23)32-16-4-5-18-17(12-16)21(26-25-18)19-13-20(22(31)29(3)27-19)30-11-9-24(15-30)8-10-28(2)14-24/h4-5,12-13H,6-11,14-15H2,1-3H3,(H,25,26). The molecule has 1 aromatic carbocycles. The zero-order valence-electron chi connectivity index (χ0n) is 19.0. The molecule has 0 radical (unpaired) electrons. The Morgan fingerprint density at radius 3 is 2.62 bits per heavy atom. The second-order valence-corrected chi connectivity index (χ2v) is 10.3. The fourth-order valence-electron chi connectivity index (χ4n) is 5.38. The number of hydrogen-bond donors (Lipinski definition) is 1. The first-order valence-corrected chi connectivity index (χ1v) is 11.5. The number of nitrogens with one attached hydrogen (secondary N) is 1. The first kappa shape index (κ1) is 19.8. The van der Waals surface area contributed by atoms with Crippen LogP contribution in [0.5, 0.6) is 5.75 Å². The Kier molecular flexibility index (Phi) is 4.21. The summed E-state index contributed by atoms with van der Waals surface area (Å²) >= 11 is 0. The number of H-pyrrole nitrogens is 1. The van der Waals surface area contributed by atoms with Crippen LogP contribution in [0.1, 0.15) is 32.6 Å². The molecule has 2 aromatic heterocycles. The van der Waals surface area contributed by atoms with Gasteiger partial charge in [0.1, 0.15) is 28.4 Å². The monoisotopic (exact) mass is 434 g/mol. The van der Waals surface area contributed by atoms with Gasteiger partial charge in [-0.25, -0.2) is 4.68 Å². The predicted octanol–water partition coefficient (Wildman–Crippen LogP) is 2.79. The van der Waals surface area contributed by atoms with Crippen molar-refractivity contribution < 1.29 is 4.74 Å². The highest BCUT2D eigenvalue weighted by atomic mass is 16.5. The number of nitrogens with zero attached hydrogens (tertiary/aromatic N) is 5. The molecule has 8 nitrogen and oxygen atoms in total. The molecule has 3 fully saturated rings. The number of ether oxygens (including phenoxy) is 1. The number of rotatable bonds is 4. The van der Waals surface area contributed by atoms with Crippen molar-refractivity contribution in [1.82, 2.24) is 24.9 Å². The normalized spacial score (nSPS) is 24.7. The minimum Gasteiger partial charge on any atom is -0.488 e. The number of fused-ring (bicyclic) bond motifs is 1. The summed E-state index contributed by atoms with van der Waals surface area (Å²) in [5.41, 5.74) is 3.30.